The molecule has 2 N–H and O–H groups in total. The molecule has 134 valence electrons. The van der Waals surface area contributed by atoms with Gasteiger partial charge in [0.25, 0.3) is 0 Å². The molecule has 28 heavy (non-hydrogen) atoms. The molecule has 2 aromatic heterocycles. The van der Waals surface area contributed by atoms with Gasteiger partial charge in [-0.3, -0.25) is 9.97 Å². The third-order valence-electron chi connectivity index (χ3n) is 4.75. The van der Waals surface area contributed by atoms with Gasteiger partial charge in [-0.05, 0) is 47.9 Å². The van der Waals surface area contributed by atoms with Crippen LogP contribution in [-0.4, -0.2) is 15.1 Å². The van der Waals surface area contributed by atoms with Crippen molar-refractivity contribution in [2.75, 3.05) is 10.6 Å². The first-order valence-corrected chi connectivity index (χ1v) is 9.39. The number of thiocarbonyl (C=S) groups is 1. The van der Waals surface area contributed by atoms with E-state index in [0.717, 1.165) is 38.6 Å². The highest BCUT2D eigenvalue weighted by molar-refractivity contribution is 7.80. The van der Waals surface area contributed by atoms with Crippen molar-refractivity contribution in [3.63, 3.8) is 0 Å². The van der Waals surface area contributed by atoms with E-state index in [0.29, 0.717) is 5.11 Å². The summed E-state index contributed by atoms with van der Waals surface area (Å²) < 4.78 is 0. The highest BCUT2D eigenvalue weighted by atomic mass is 32.1. The van der Waals surface area contributed by atoms with E-state index >= 15 is 0 Å². The summed E-state index contributed by atoms with van der Waals surface area (Å²) in [6.45, 7) is 0. The zero-order valence-corrected chi connectivity index (χ0v) is 15.7. The maximum Gasteiger partial charge on any atom is 0.175 e. The molecule has 3 aromatic carbocycles. The molecule has 0 saturated carbocycles. The van der Waals surface area contributed by atoms with E-state index in [2.05, 4.69) is 44.9 Å². The van der Waals surface area contributed by atoms with Gasteiger partial charge in [0.1, 0.15) is 0 Å². The third kappa shape index (κ3) is 2.92. The number of anilines is 2. The summed E-state index contributed by atoms with van der Waals surface area (Å²) in [4.78, 5) is 9.03. The normalized spacial score (nSPS) is 11.0. The predicted octanol–water partition coefficient (Wildman–Crippen LogP) is 5.75. The zero-order chi connectivity index (χ0) is 18.9. The van der Waals surface area contributed by atoms with E-state index in [1.54, 1.807) is 12.4 Å². The van der Waals surface area contributed by atoms with Crippen LogP contribution in [0.1, 0.15) is 0 Å². The standard InChI is InChI=1S/C23H16N4S/c28-23(26-19-11-3-7-15-6-1-2-9-17(15)19)27-20-14-16-8-4-12-24-21(16)22-18(20)10-5-13-25-22/h1-14H,(H2,26,27,28). The molecule has 0 fully saturated rings. The number of pyridine rings is 2. The van der Waals surface area contributed by atoms with Crippen LogP contribution in [0.5, 0.6) is 0 Å². The second kappa shape index (κ2) is 6.87. The van der Waals surface area contributed by atoms with Gasteiger partial charge in [-0.2, -0.15) is 0 Å². The van der Waals surface area contributed by atoms with Crippen LogP contribution in [0.3, 0.4) is 0 Å². The fourth-order valence-corrected chi connectivity index (χ4v) is 3.71. The molecule has 0 atom stereocenters. The Bertz CT molecular complexity index is 1340. The Labute approximate surface area is 167 Å². The number of aromatic nitrogens is 2. The summed E-state index contributed by atoms with van der Waals surface area (Å²) in [6, 6.07) is 24.3. The molecule has 0 saturated heterocycles. The number of fused-ring (bicyclic) bond motifs is 4. The van der Waals surface area contributed by atoms with Gasteiger partial charge < -0.3 is 10.6 Å². The van der Waals surface area contributed by atoms with Gasteiger partial charge in [-0.1, -0.05) is 42.5 Å². The summed E-state index contributed by atoms with van der Waals surface area (Å²) >= 11 is 5.61. The number of nitrogens with zero attached hydrogens (tertiary/aromatic N) is 2. The molecule has 5 rings (SSSR count). The first-order valence-electron chi connectivity index (χ1n) is 8.98. The van der Waals surface area contributed by atoms with Crippen molar-refractivity contribution in [3.8, 4) is 0 Å². The molecule has 0 amide bonds. The van der Waals surface area contributed by atoms with Crippen molar-refractivity contribution < 1.29 is 0 Å². The Hall–Kier alpha value is -3.57. The smallest absolute Gasteiger partial charge is 0.175 e. The summed E-state index contributed by atoms with van der Waals surface area (Å²) in [5, 5.41) is 11.5. The third-order valence-corrected chi connectivity index (χ3v) is 4.95. The van der Waals surface area contributed by atoms with Crippen LogP contribution >= 0.6 is 12.2 Å². The largest absolute Gasteiger partial charge is 0.332 e. The monoisotopic (exact) mass is 380 g/mol. The lowest BCUT2D eigenvalue weighted by molar-refractivity contribution is 1.37. The number of benzene rings is 3. The van der Waals surface area contributed by atoms with Gasteiger partial charge in [0.2, 0.25) is 0 Å². The molecular weight excluding hydrogens is 364 g/mol. The van der Waals surface area contributed by atoms with Gasteiger partial charge in [0.05, 0.1) is 16.7 Å². The minimum atomic E-state index is 0.532. The van der Waals surface area contributed by atoms with Crippen molar-refractivity contribution in [2.45, 2.75) is 0 Å². The number of rotatable bonds is 2. The molecule has 0 spiro atoms. The van der Waals surface area contributed by atoms with Crippen LogP contribution in [-0.2, 0) is 0 Å². The van der Waals surface area contributed by atoms with Gasteiger partial charge in [-0.15, -0.1) is 0 Å². The molecule has 0 aliphatic heterocycles. The van der Waals surface area contributed by atoms with E-state index in [1.165, 1.54) is 5.39 Å². The fourth-order valence-electron chi connectivity index (χ4n) is 3.49. The molecule has 0 unspecified atom stereocenters. The molecule has 2 heterocycles. The molecule has 0 aliphatic carbocycles. The zero-order valence-electron chi connectivity index (χ0n) is 14.9. The van der Waals surface area contributed by atoms with E-state index in [1.807, 2.05) is 48.5 Å². The van der Waals surface area contributed by atoms with E-state index < -0.39 is 0 Å². The first kappa shape index (κ1) is 16.6. The van der Waals surface area contributed by atoms with Crippen molar-refractivity contribution in [1.82, 2.24) is 9.97 Å². The average Bonchev–Trinajstić information content (AvgIpc) is 2.74. The van der Waals surface area contributed by atoms with E-state index in [4.69, 9.17) is 12.2 Å². The Morgan fingerprint density at radius 1 is 0.643 bits per heavy atom. The average molecular weight is 380 g/mol. The molecule has 0 radical (unpaired) electrons. The van der Waals surface area contributed by atoms with Crippen molar-refractivity contribution in [3.05, 3.63) is 85.2 Å². The highest BCUT2D eigenvalue weighted by Gasteiger charge is 2.10. The summed E-state index contributed by atoms with van der Waals surface area (Å²) in [7, 11) is 0. The number of hydrogen-bond donors (Lipinski definition) is 2. The molecule has 0 aliphatic rings. The van der Waals surface area contributed by atoms with Gasteiger partial charge >= 0.3 is 0 Å². The van der Waals surface area contributed by atoms with E-state index in [-0.39, 0.29) is 0 Å². The van der Waals surface area contributed by atoms with Crippen molar-refractivity contribution >= 4 is 61.3 Å². The Kier molecular flexibility index (Phi) is 4.07. The topological polar surface area (TPSA) is 49.8 Å². The predicted molar refractivity (Wildman–Crippen MR) is 121 cm³/mol. The molecule has 4 nitrogen and oxygen atoms in total. The van der Waals surface area contributed by atoms with Crippen LogP contribution in [0.2, 0.25) is 0 Å². The molecule has 5 heteroatoms. The Balaban J connectivity index is 1.53. The lowest BCUT2D eigenvalue weighted by atomic mass is 10.1. The maximum absolute atomic E-state index is 5.61. The maximum atomic E-state index is 5.61. The first-order chi connectivity index (χ1) is 13.8. The second-order valence-corrected chi connectivity index (χ2v) is 6.91. The van der Waals surface area contributed by atoms with Crippen LogP contribution in [0.15, 0.2) is 85.2 Å². The second-order valence-electron chi connectivity index (χ2n) is 6.50. The number of nitrogens with one attached hydrogen (secondary N) is 2. The Morgan fingerprint density at radius 3 is 2.25 bits per heavy atom. The summed E-state index contributed by atoms with van der Waals surface area (Å²) in [5.74, 6) is 0. The molecular formula is C23H16N4S. The Morgan fingerprint density at radius 2 is 1.32 bits per heavy atom. The summed E-state index contributed by atoms with van der Waals surface area (Å²) in [5.41, 5.74) is 3.62. The molecule has 0 bridgehead atoms. The summed E-state index contributed by atoms with van der Waals surface area (Å²) in [6.07, 6.45) is 3.57. The minimum absolute atomic E-state index is 0.532. The van der Waals surface area contributed by atoms with Crippen LogP contribution in [0.25, 0.3) is 32.6 Å². The van der Waals surface area contributed by atoms with Crippen LogP contribution < -0.4 is 10.6 Å². The SMILES string of the molecule is S=C(Nc1cccc2ccccc12)Nc1cc2cccnc2c2ncccc12. The quantitative estimate of drug-likeness (QED) is 0.302. The van der Waals surface area contributed by atoms with Crippen molar-refractivity contribution in [1.29, 1.82) is 0 Å². The lowest BCUT2D eigenvalue weighted by Crippen LogP contribution is -2.19. The van der Waals surface area contributed by atoms with Gasteiger partial charge in [-0.25, -0.2) is 0 Å². The number of hydrogen-bond acceptors (Lipinski definition) is 3. The van der Waals surface area contributed by atoms with Gasteiger partial charge in [0.15, 0.2) is 5.11 Å². The highest BCUT2D eigenvalue weighted by Crippen LogP contribution is 2.30. The lowest BCUT2D eigenvalue weighted by Gasteiger charge is -2.15. The van der Waals surface area contributed by atoms with Crippen LogP contribution in [0, 0.1) is 0 Å². The minimum Gasteiger partial charge on any atom is -0.332 e. The fraction of sp³-hybridized carbons (Fsp3) is 0. The van der Waals surface area contributed by atoms with Crippen LogP contribution in [0.4, 0.5) is 11.4 Å². The molecule has 5 aromatic rings. The van der Waals surface area contributed by atoms with Gasteiger partial charge in [0, 0.05) is 34.2 Å². The van der Waals surface area contributed by atoms with Crippen molar-refractivity contribution in [2.24, 2.45) is 0 Å². The van der Waals surface area contributed by atoms with E-state index in [9.17, 15) is 0 Å².